The Kier molecular flexibility index (Phi) is 5.53. The van der Waals surface area contributed by atoms with Gasteiger partial charge in [0.2, 0.25) is 0 Å². The van der Waals surface area contributed by atoms with Crippen LogP contribution in [-0.2, 0) is 11.2 Å². The number of fused-ring (bicyclic) bond motifs is 2. The molecule has 0 atom stereocenters. The van der Waals surface area contributed by atoms with Gasteiger partial charge in [0.05, 0.1) is 15.7 Å². The smallest absolute Gasteiger partial charge is 0.420 e. The van der Waals surface area contributed by atoms with Crippen LogP contribution < -0.4 is 0 Å². The average Bonchev–Trinajstić information content (AvgIpc) is 3.21. The molecule has 0 saturated heterocycles. The number of aromatic nitrogens is 3. The van der Waals surface area contributed by atoms with E-state index in [0.717, 1.165) is 28.1 Å². The number of pyridine rings is 2. The maximum absolute atomic E-state index is 11.9. The zero-order valence-electron chi connectivity index (χ0n) is 15.2. The molecule has 0 unspecified atom stereocenters. The summed E-state index contributed by atoms with van der Waals surface area (Å²) in [6, 6.07) is 5.24. The van der Waals surface area contributed by atoms with Gasteiger partial charge in [0, 0.05) is 36.0 Å². The van der Waals surface area contributed by atoms with Crippen LogP contribution in [0.15, 0.2) is 42.9 Å². The molecule has 0 aromatic carbocycles. The summed E-state index contributed by atoms with van der Waals surface area (Å²) in [5, 5.41) is 2.11. The first-order chi connectivity index (χ1) is 12.8. The number of ether oxygens (including phenoxy) is 1. The third-order valence-corrected chi connectivity index (χ3v) is 4.40. The summed E-state index contributed by atoms with van der Waals surface area (Å²) in [6.45, 7) is 5.45. The van der Waals surface area contributed by atoms with Crippen LogP contribution in [0.4, 0.5) is 4.79 Å². The van der Waals surface area contributed by atoms with Gasteiger partial charge in [0.15, 0.2) is 5.65 Å². The summed E-state index contributed by atoms with van der Waals surface area (Å²) >= 11 is 11.9. The van der Waals surface area contributed by atoms with E-state index in [1.165, 1.54) is 4.57 Å². The number of halogens is 2. The zero-order chi connectivity index (χ0) is 19.6. The van der Waals surface area contributed by atoms with E-state index < -0.39 is 11.7 Å². The van der Waals surface area contributed by atoms with Gasteiger partial charge in [-0.15, -0.1) is 0 Å². The Hall–Kier alpha value is -2.37. The van der Waals surface area contributed by atoms with Crippen molar-refractivity contribution in [3.63, 3.8) is 0 Å². The van der Waals surface area contributed by atoms with Crippen molar-refractivity contribution in [2.75, 3.05) is 0 Å². The van der Waals surface area contributed by atoms with E-state index in [1.807, 2.05) is 32.9 Å². The van der Waals surface area contributed by atoms with Crippen LogP contribution in [0.5, 0.6) is 0 Å². The standard InChI is InChI=1S/C12H13ClN2O2.C8H6ClN/c1-12(2,3)17-11(16)15-7-5-8-9(13)4-6-14-10(8)15;9-7-4-5-10-8-3-1-2-6(7)8/h4-7H,1-3H3;1-2,4-5H,3H2. The van der Waals surface area contributed by atoms with E-state index >= 15 is 0 Å². The zero-order valence-corrected chi connectivity index (χ0v) is 16.8. The number of allylic oxidation sites excluding steroid dienone is 1. The highest BCUT2D eigenvalue weighted by Gasteiger charge is 2.19. The van der Waals surface area contributed by atoms with Gasteiger partial charge in [-0.3, -0.25) is 4.98 Å². The lowest BCUT2D eigenvalue weighted by Crippen LogP contribution is -2.26. The normalized spacial score (nSPS) is 12.5. The fourth-order valence-corrected chi connectivity index (χ4v) is 3.01. The summed E-state index contributed by atoms with van der Waals surface area (Å²) in [5.74, 6) is 0. The molecule has 3 heterocycles. The molecule has 0 spiro atoms. The van der Waals surface area contributed by atoms with Crippen molar-refractivity contribution < 1.29 is 9.53 Å². The summed E-state index contributed by atoms with van der Waals surface area (Å²) < 4.78 is 6.62. The SMILES string of the molecule is CC(C)(C)OC(=O)n1ccc2c(Cl)ccnc21.Clc1ccnc2c1C=CC2. The van der Waals surface area contributed by atoms with Gasteiger partial charge < -0.3 is 4.74 Å². The van der Waals surface area contributed by atoms with Gasteiger partial charge in [-0.05, 0) is 39.0 Å². The van der Waals surface area contributed by atoms with E-state index in [0.29, 0.717) is 10.7 Å². The molecule has 0 N–H and O–H groups in total. The summed E-state index contributed by atoms with van der Waals surface area (Å²) in [5.41, 5.74) is 2.15. The minimum absolute atomic E-state index is 0.456. The summed E-state index contributed by atoms with van der Waals surface area (Å²) in [6.07, 6.45) is 9.48. The molecule has 3 aromatic rings. The van der Waals surface area contributed by atoms with Crippen molar-refractivity contribution in [2.24, 2.45) is 0 Å². The Morgan fingerprint density at radius 3 is 2.52 bits per heavy atom. The molecule has 0 amide bonds. The maximum atomic E-state index is 11.9. The fourth-order valence-electron chi connectivity index (χ4n) is 2.58. The van der Waals surface area contributed by atoms with Gasteiger partial charge >= 0.3 is 6.09 Å². The van der Waals surface area contributed by atoms with Crippen LogP contribution in [-0.4, -0.2) is 26.2 Å². The van der Waals surface area contributed by atoms with E-state index in [2.05, 4.69) is 16.0 Å². The predicted molar refractivity (Wildman–Crippen MR) is 108 cm³/mol. The molecule has 5 nitrogen and oxygen atoms in total. The fraction of sp³-hybridized carbons (Fsp3) is 0.250. The first-order valence-electron chi connectivity index (χ1n) is 8.41. The monoisotopic (exact) mass is 403 g/mol. The minimum atomic E-state index is -0.535. The lowest BCUT2D eigenvalue weighted by atomic mass is 10.2. The quantitative estimate of drug-likeness (QED) is 0.477. The molecular formula is C20H19Cl2N3O2. The molecule has 4 rings (SSSR count). The Morgan fingerprint density at radius 2 is 1.81 bits per heavy atom. The van der Waals surface area contributed by atoms with Crippen LogP contribution in [0.3, 0.4) is 0 Å². The van der Waals surface area contributed by atoms with E-state index in [1.54, 1.807) is 30.7 Å². The van der Waals surface area contributed by atoms with Crippen LogP contribution >= 0.6 is 23.2 Å². The number of hydrogen-bond donors (Lipinski definition) is 0. The van der Waals surface area contributed by atoms with E-state index in [-0.39, 0.29) is 0 Å². The van der Waals surface area contributed by atoms with Crippen molar-refractivity contribution in [3.05, 3.63) is 64.2 Å². The van der Waals surface area contributed by atoms with Gasteiger partial charge in [-0.2, -0.15) is 0 Å². The largest absolute Gasteiger partial charge is 0.443 e. The molecule has 0 fully saturated rings. The van der Waals surface area contributed by atoms with Crippen LogP contribution in [0.2, 0.25) is 10.0 Å². The third kappa shape index (κ3) is 4.49. The Labute approximate surface area is 167 Å². The van der Waals surface area contributed by atoms with Gasteiger partial charge in [0.1, 0.15) is 5.60 Å². The summed E-state index contributed by atoms with van der Waals surface area (Å²) in [4.78, 5) is 20.2. The molecule has 0 radical (unpaired) electrons. The highest BCUT2D eigenvalue weighted by molar-refractivity contribution is 6.35. The third-order valence-electron chi connectivity index (χ3n) is 3.74. The molecule has 1 aliphatic rings. The minimum Gasteiger partial charge on any atom is -0.443 e. The Balaban J connectivity index is 0.000000177. The second-order valence-corrected chi connectivity index (χ2v) is 7.77. The van der Waals surface area contributed by atoms with Crippen LogP contribution in [0, 0.1) is 0 Å². The molecule has 27 heavy (non-hydrogen) atoms. The molecule has 0 saturated carbocycles. The number of carbonyl (C=O) groups excluding carboxylic acids is 1. The van der Waals surface area contributed by atoms with Crippen LogP contribution in [0.25, 0.3) is 17.1 Å². The first-order valence-corrected chi connectivity index (χ1v) is 9.17. The molecular weight excluding hydrogens is 385 g/mol. The topological polar surface area (TPSA) is 57.0 Å². The number of rotatable bonds is 0. The van der Waals surface area contributed by atoms with Gasteiger partial charge in [-0.1, -0.05) is 35.4 Å². The van der Waals surface area contributed by atoms with Crippen molar-refractivity contribution in [1.82, 2.24) is 14.5 Å². The number of carbonyl (C=O) groups is 1. The maximum Gasteiger partial charge on any atom is 0.420 e. The second-order valence-electron chi connectivity index (χ2n) is 6.96. The highest BCUT2D eigenvalue weighted by atomic mass is 35.5. The van der Waals surface area contributed by atoms with Gasteiger partial charge in [0.25, 0.3) is 0 Å². The predicted octanol–water partition coefficient (Wildman–Crippen LogP) is 5.78. The molecule has 1 aliphatic carbocycles. The van der Waals surface area contributed by atoms with Crippen molar-refractivity contribution >= 4 is 46.4 Å². The number of hydrogen-bond acceptors (Lipinski definition) is 4. The van der Waals surface area contributed by atoms with Gasteiger partial charge in [-0.25, -0.2) is 14.3 Å². The molecule has 140 valence electrons. The Bertz CT molecular complexity index is 1020. The average molecular weight is 404 g/mol. The molecule has 7 heteroatoms. The van der Waals surface area contributed by atoms with Crippen LogP contribution in [0.1, 0.15) is 32.0 Å². The van der Waals surface area contributed by atoms with Crippen molar-refractivity contribution in [3.8, 4) is 0 Å². The highest BCUT2D eigenvalue weighted by Crippen LogP contribution is 2.24. The molecule has 3 aromatic heterocycles. The second kappa shape index (κ2) is 7.71. The first kappa shape index (κ1) is 19.4. The van der Waals surface area contributed by atoms with Crippen molar-refractivity contribution in [2.45, 2.75) is 32.8 Å². The van der Waals surface area contributed by atoms with E-state index in [9.17, 15) is 4.79 Å². The van der Waals surface area contributed by atoms with Crippen molar-refractivity contribution in [1.29, 1.82) is 0 Å². The number of nitrogens with zero attached hydrogens (tertiary/aromatic N) is 3. The molecule has 0 aliphatic heterocycles. The van der Waals surface area contributed by atoms with E-state index in [4.69, 9.17) is 27.9 Å². The molecule has 0 bridgehead atoms. The Morgan fingerprint density at radius 1 is 1.11 bits per heavy atom. The summed E-state index contributed by atoms with van der Waals surface area (Å²) in [7, 11) is 0. The lowest BCUT2D eigenvalue weighted by Gasteiger charge is -2.19. The lowest BCUT2D eigenvalue weighted by molar-refractivity contribution is 0.0543.